The second kappa shape index (κ2) is 6.93. The fourth-order valence-corrected chi connectivity index (χ4v) is 2.38. The molecule has 1 atom stereocenters. The zero-order valence-electron chi connectivity index (χ0n) is 12.3. The van der Waals surface area contributed by atoms with Crippen LogP contribution in [-0.2, 0) is 0 Å². The Morgan fingerprint density at radius 2 is 2.10 bits per heavy atom. The first-order valence-corrected chi connectivity index (χ1v) is 6.92. The number of carbonyl (C=O) groups is 1. The van der Waals surface area contributed by atoms with Gasteiger partial charge in [0.1, 0.15) is 11.6 Å². The lowest BCUT2D eigenvalue weighted by molar-refractivity contribution is 0.0948. The minimum absolute atomic E-state index is 0.00887. The molecule has 1 rings (SSSR count). The van der Waals surface area contributed by atoms with E-state index in [4.69, 9.17) is 16.3 Å². The SMILES string of the molecule is COc1ccc(C(=O)NCC(Cl)CC(C)(C)C)c(F)c1. The number of hydrogen-bond donors (Lipinski definition) is 1. The van der Waals surface area contributed by atoms with E-state index in [0.29, 0.717) is 12.3 Å². The van der Waals surface area contributed by atoms with Crippen molar-refractivity contribution in [2.24, 2.45) is 5.41 Å². The number of nitrogens with one attached hydrogen (secondary N) is 1. The summed E-state index contributed by atoms with van der Waals surface area (Å²) in [4.78, 5) is 11.9. The van der Waals surface area contributed by atoms with Gasteiger partial charge in [-0.2, -0.15) is 0 Å². The molecule has 1 aromatic rings. The standard InChI is InChI=1S/C15H21ClFNO2/c1-15(2,3)8-10(16)9-18-14(19)12-6-5-11(20-4)7-13(12)17/h5-7,10H,8-9H2,1-4H3,(H,18,19). The van der Waals surface area contributed by atoms with E-state index in [1.165, 1.54) is 19.2 Å². The van der Waals surface area contributed by atoms with Gasteiger partial charge in [-0.05, 0) is 24.0 Å². The Morgan fingerprint density at radius 1 is 1.45 bits per heavy atom. The third kappa shape index (κ3) is 5.37. The van der Waals surface area contributed by atoms with E-state index in [0.717, 1.165) is 6.42 Å². The fraction of sp³-hybridized carbons (Fsp3) is 0.533. The van der Waals surface area contributed by atoms with Crippen LogP contribution in [0.2, 0.25) is 0 Å². The van der Waals surface area contributed by atoms with Crippen LogP contribution >= 0.6 is 11.6 Å². The van der Waals surface area contributed by atoms with Crippen molar-refractivity contribution in [3.8, 4) is 5.75 Å². The van der Waals surface area contributed by atoms with Gasteiger partial charge in [0, 0.05) is 12.6 Å². The molecule has 0 aliphatic carbocycles. The minimum Gasteiger partial charge on any atom is -0.497 e. The van der Waals surface area contributed by atoms with Crippen LogP contribution in [0.5, 0.6) is 5.75 Å². The van der Waals surface area contributed by atoms with Crippen LogP contribution in [0.25, 0.3) is 0 Å². The molecule has 0 aliphatic rings. The average molecular weight is 302 g/mol. The van der Waals surface area contributed by atoms with Gasteiger partial charge in [-0.3, -0.25) is 4.79 Å². The summed E-state index contributed by atoms with van der Waals surface area (Å²) in [5.74, 6) is -0.699. The van der Waals surface area contributed by atoms with Gasteiger partial charge in [0.15, 0.2) is 0 Å². The molecular weight excluding hydrogens is 281 g/mol. The van der Waals surface area contributed by atoms with Crippen molar-refractivity contribution in [2.45, 2.75) is 32.6 Å². The lowest BCUT2D eigenvalue weighted by Gasteiger charge is -2.22. The third-order valence-electron chi connectivity index (χ3n) is 2.74. The number of alkyl halides is 1. The van der Waals surface area contributed by atoms with Gasteiger partial charge in [-0.1, -0.05) is 20.8 Å². The number of ether oxygens (including phenoxy) is 1. The molecule has 0 saturated carbocycles. The van der Waals surface area contributed by atoms with Crippen LogP contribution in [0.3, 0.4) is 0 Å². The van der Waals surface area contributed by atoms with Gasteiger partial charge in [0.2, 0.25) is 0 Å². The maximum Gasteiger partial charge on any atom is 0.254 e. The van der Waals surface area contributed by atoms with Gasteiger partial charge in [0.05, 0.1) is 18.1 Å². The Hall–Kier alpha value is -1.29. The molecule has 1 amide bonds. The minimum atomic E-state index is -0.608. The third-order valence-corrected chi connectivity index (χ3v) is 3.05. The maximum absolute atomic E-state index is 13.7. The van der Waals surface area contributed by atoms with Crippen LogP contribution < -0.4 is 10.1 Å². The van der Waals surface area contributed by atoms with E-state index in [-0.39, 0.29) is 16.4 Å². The molecule has 3 nitrogen and oxygen atoms in total. The van der Waals surface area contributed by atoms with Gasteiger partial charge in [0.25, 0.3) is 5.91 Å². The van der Waals surface area contributed by atoms with Crippen molar-refractivity contribution in [3.05, 3.63) is 29.6 Å². The van der Waals surface area contributed by atoms with E-state index < -0.39 is 11.7 Å². The average Bonchev–Trinajstić information content (AvgIpc) is 2.33. The summed E-state index contributed by atoms with van der Waals surface area (Å²) in [5, 5.41) is 2.47. The topological polar surface area (TPSA) is 38.3 Å². The predicted octanol–water partition coefficient (Wildman–Crippen LogP) is 3.61. The second-order valence-corrected chi connectivity index (χ2v) is 6.54. The van der Waals surface area contributed by atoms with Crippen molar-refractivity contribution >= 4 is 17.5 Å². The highest BCUT2D eigenvalue weighted by atomic mass is 35.5. The molecule has 0 spiro atoms. The largest absolute Gasteiger partial charge is 0.497 e. The first-order valence-electron chi connectivity index (χ1n) is 6.49. The molecule has 1 N–H and O–H groups in total. The van der Waals surface area contributed by atoms with E-state index in [1.54, 1.807) is 6.07 Å². The summed E-state index contributed by atoms with van der Waals surface area (Å²) < 4.78 is 18.6. The molecule has 1 aromatic carbocycles. The monoisotopic (exact) mass is 301 g/mol. The number of halogens is 2. The molecule has 0 aliphatic heterocycles. The molecule has 0 fully saturated rings. The zero-order chi connectivity index (χ0) is 15.3. The van der Waals surface area contributed by atoms with Crippen molar-refractivity contribution in [1.82, 2.24) is 5.32 Å². The maximum atomic E-state index is 13.7. The van der Waals surface area contributed by atoms with E-state index in [1.807, 2.05) is 0 Å². The molecule has 1 unspecified atom stereocenters. The number of methoxy groups -OCH3 is 1. The predicted molar refractivity (Wildman–Crippen MR) is 79.0 cm³/mol. The Morgan fingerprint density at radius 3 is 2.60 bits per heavy atom. The van der Waals surface area contributed by atoms with Crippen molar-refractivity contribution in [2.75, 3.05) is 13.7 Å². The molecule has 112 valence electrons. The number of rotatable bonds is 5. The Labute approximate surface area is 124 Å². The van der Waals surface area contributed by atoms with E-state index in [2.05, 4.69) is 26.1 Å². The van der Waals surface area contributed by atoms with Crippen LogP contribution in [-0.4, -0.2) is 24.9 Å². The summed E-state index contributed by atoms with van der Waals surface area (Å²) >= 11 is 6.16. The van der Waals surface area contributed by atoms with Gasteiger partial charge < -0.3 is 10.1 Å². The molecule has 0 radical (unpaired) electrons. The van der Waals surface area contributed by atoms with Crippen LogP contribution in [0.1, 0.15) is 37.6 Å². The molecule has 20 heavy (non-hydrogen) atoms. The van der Waals surface area contributed by atoms with Crippen LogP contribution in [0, 0.1) is 11.2 Å². The second-order valence-electron chi connectivity index (χ2n) is 5.92. The van der Waals surface area contributed by atoms with Crippen LogP contribution in [0.4, 0.5) is 4.39 Å². The van der Waals surface area contributed by atoms with Crippen molar-refractivity contribution in [1.29, 1.82) is 0 Å². The Bertz CT molecular complexity index is 471. The Kier molecular flexibility index (Phi) is 5.81. The number of carbonyl (C=O) groups excluding carboxylic acids is 1. The van der Waals surface area contributed by atoms with Crippen molar-refractivity contribution < 1.29 is 13.9 Å². The molecular formula is C15H21ClFNO2. The summed E-state index contributed by atoms with van der Waals surface area (Å²) in [5.41, 5.74) is 0.0770. The molecule has 0 bridgehead atoms. The lowest BCUT2D eigenvalue weighted by atomic mass is 9.90. The molecule has 5 heteroatoms. The highest BCUT2D eigenvalue weighted by molar-refractivity contribution is 6.21. The fourth-order valence-electron chi connectivity index (χ4n) is 1.84. The smallest absolute Gasteiger partial charge is 0.254 e. The van der Waals surface area contributed by atoms with Gasteiger partial charge in [-0.25, -0.2) is 4.39 Å². The van der Waals surface area contributed by atoms with E-state index in [9.17, 15) is 9.18 Å². The van der Waals surface area contributed by atoms with Crippen LogP contribution in [0.15, 0.2) is 18.2 Å². The van der Waals surface area contributed by atoms with E-state index >= 15 is 0 Å². The van der Waals surface area contributed by atoms with Crippen molar-refractivity contribution in [3.63, 3.8) is 0 Å². The summed E-state index contributed by atoms with van der Waals surface area (Å²) in [7, 11) is 1.44. The first kappa shape index (κ1) is 16.8. The highest BCUT2D eigenvalue weighted by Gasteiger charge is 2.18. The number of benzene rings is 1. The molecule has 0 saturated heterocycles. The molecule has 0 heterocycles. The first-order chi connectivity index (χ1) is 9.23. The Balaban J connectivity index is 2.59. The zero-order valence-corrected chi connectivity index (χ0v) is 13.1. The lowest BCUT2D eigenvalue weighted by Crippen LogP contribution is -2.32. The summed E-state index contributed by atoms with van der Waals surface area (Å²) in [6.45, 7) is 6.54. The number of hydrogen-bond acceptors (Lipinski definition) is 2. The quantitative estimate of drug-likeness (QED) is 0.844. The summed E-state index contributed by atoms with van der Waals surface area (Å²) in [6.07, 6.45) is 0.764. The van der Waals surface area contributed by atoms with Gasteiger partial charge >= 0.3 is 0 Å². The highest BCUT2D eigenvalue weighted by Crippen LogP contribution is 2.23. The summed E-state index contributed by atoms with van der Waals surface area (Å²) in [6, 6.07) is 4.13. The number of amides is 1. The molecule has 0 aromatic heterocycles. The normalized spacial score (nSPS) is 12.9. The van der Waals surface area contributed by atoms with Gasteiger partial charge in [-0.15, -0.1) is 11.6 Å².